The third kappa shape index (κ3) is 5.89. The molecule has 0 spiro atoms. The third-order valence-electron chi connectivity index (χ3n) is 7.59. The Labute approximate surface area is 257 Å². The number of nitrogens with zero attached hydrogens (tertiary/aromatic N) is 4. The number of oxazole rings is 2. The minimum absolute atomic E-state index is 0.0174. The van der Waals surface area contributed by atoms with Crippen molar-refractivity contribution in [2.75, 3.05) is 11.8 Å². The van der Waals surface area contributed by atoms with Gasteiger partial charge in [0.1, 0.15) is 6.26 Å². The van der Waals surface area contributed by atoms with Crippen LogP contribution in [0.3, 0.4) is 0 Å². The number of benzene rings is 3. The molecule has 0 saturated carbocycles. The molecule has 0 aliphatic carbocycles. The molecule has 6 rings (SSSR count). The van der Waals surface area contributed by atoms with Crippen LogP contribution in [0.2, 0.25) is 0 Å². The first-order chi connectivity index (χ1) is 21.6. The molecule has 1 amide bonds. The lowest BCUT2D eigenvalue weighted by Gasteiger charge is -2.21. The number of anilines is 1. The molecule has 230 valence electrons. The zero-order valence-corrected chi connectivity index (χ0v) is 25.5. The van der Waals surface area contributed by atoms with Crippen molar-refractivity contribution < 1.29 is 26.6 Å². The Bertz CT molecular complexity index is 2180. The van der Waals surface area contributed by atoms with E-state index in [1.165, 1.54) is 28.0 Å². The van der Waals surface area contributed by atoms with Crippen LogP contribution in [0.15, 0.2) is 102 Å². The summed E-state index contributed by atoms with van der Waals surface area (Å²) in [5.41, 5.74) is 4.54. The highest BCUT2D eigenvalue weighted by atomic mass is 32.2. The number of aryl methyl sites for hydroxylation is 2. The maximum absolute atomic E-state index is 13.6. The highest BCUT2D eigenvalue weighted by molar-refractivity contribution is 7.92. The first kappa shape index (κ1) is 29.6. The van der Waals surface area contributed by atoms with Crippen LogP contribution in [0.5, 0.6) is 0 Å². The molecule has 13 heteroatoms. The average Bonchev–Trinajstić information content (AvgIpc) is 3.76. The number of hydrogen-bond donors (Lipinski definition) is 1. The largest absolute Gasteiger partial charge is 0.445 e. The quantitative estimate of drug-likeness (QED) is 0.211. The molecule has 3 aromatic carbocycles. The third-order valence-corrected chi connectivity index (χ3v) is 8.98. The van der Waals surface area contributed by atoms with Gasteiger partial charge in [-0.3, -0.25) is 9.36 Å². The van der Waals surface area contributed by atoms with Gasteiger partial charge in [0.05, 0.1) is 22.3 Å². The number of hydrogen-bond acceptors (Lipinski definition) is 9. The number of fused-ring (bicyclic) bond motifs is 1. The predicted molar refractivity (Wildman–Crippen MR) is 166 cm³/mol. The zero-order valence-electron chi connectivity index (χ0n) is 24.7. The van der Waals surface area contributed by atoms with E-state index in [0.29, 0.717) is 50.5 Å². The number of rotatable bonds is 10. The standard InChI is InChI=1S/C32H29N5O7S/c1-20-21(2)34-44-30(20)35-45(40,41)28-11-7-4-8-25(28)24-13-12-22(31-33-15-17-42-31)18-23(24)19-36(3)29(38)14-16-37-26-9-5-6-10-27(26)43-32(37)39/h4-13,15,17-18,35H,14,16,19H2,1-3H3. The van der Waals surface area contributed by atoms with Crippen LogP contribution >= 0.6 is 0 Å². The molecule has 0 atom stereocenters. The summed E-state index contributed by atoms with van der Waals surface area (Å²) in [6.07, 6.45) is 3.03. The van der Waals surface area contributed by atoms with Crippen molar-refractivity contribution in [1.29, 1.82) is 0 Å². The van der Waals surface area contributed by atoms with Crippen LogP contribution in [0.1, 0.15) is 23.2 Å². The van der Waals surface area contributed by atoms with Crippen LogP contribution in [0.4, 0.5) is 5.88 Å². The summed E-state index contributed by atoms with van der Waals surface area (Å²) in [5, 5.41) is 3.84. The molecule has 0 fully saturated rings. The molecular weight excluding hydrogens is 598 g/mol. The minimum atomic E-state index is -4.11. The van der Waals surface area contributed by atoms with Crippen LogP contribution in [0, 0.1) is 13.8 Å². The number of amides is 1. The summed E-state index contributed by atoms with van der Waals surface area (Å²) >= 11 is 0. The Morgan fingerprint density at radius 1 is 1.02 bits per heavy atom. The molecule has 12 nitrogen and oxygen atoms in total. The Morgan fingerprint density at radius 2 is 1.80 bits per heavy atom. The van der Waals surface area contributed by atoms with Gasteiger partial charge < -0.3 is 18.3 Å². The fourth-order valence-corrected chi connectivity index (χ4v) is 6.33. The summed E-state index contributed by atoms with van der Waals surface area (Å²) in [6.45, 7) is 3.70. The molecule has 0 saturated heterocycles. The summed E-state index contributed by atoms with van der Waals surface area (Å²) in [5.74, 6) is -0.341. The molecule has 0 aliphatic rings. The smallest absolute Gasteiger partial charge is 0.419 e. The highest BCUT2D eigenvalue weighted by Crippen LogP contribution is 2.34. The van der Waals surface area contributed by atoms with Gasteiger partial charge in [-0.25, -0.2) is 22.9 Å². The number of carbonyl (C=O) groups excluding carboxylic acids is 1. The average molecular weight is 628 g/mol. The van der Waals surface area contributed by atoms with E-state index in [1.54, 1.807) is 75.5 Å². The lowest BCUT2D eigenvalue weighted by Crippen LogP contribution is -2.28. The number of sulfonamides is 1. The fourth-order valence-electron chi connectivity index (χ4n) is 5.07. The molecule has 0 aliphatic heterocycles. The van der Waals surface area contributed by atoms with Crippen LogP contribution < -0.4 is 10.5 Å². The molecule has 3 heterocycles. The van der Waals surface area contributed by atoms with Crippen molar-refractivity contribution in [2.45, 2.75) is 38.3 Å². The van der Waals surface area contributed by atoms with E-state index < -0.39 is 15.8 Å². The number of nitrogens with one attached hydrogen (secondary N) is 1. The van der Waals surface area contributed by atoms with E-state index >= 15 is 0 Å². The first-order valence-corrected chi connectivity index (χ1v) is 15.5. The van der Waals surface area contributed by atoms with Crippen molar-refractivity contribution in [1.82, 2.24) is 19.6 Å². The van der Waals surface area contributed by atoms with Gasteiger partial charge in [-0.2, -0.15) is 0 Å². The van der Waals surface area contributed by atoms with E-state index in [-0.39, 0.29) is 36.2 Å². The van der Waals surface area contributed by atoms with Gasteiger partial charge in [-0.1, -0.05) is 41.6 Å². The number of carbonyl (C=O) groups is 1. The van der Waals surface area contributed by atoms with Gasteiger partial charge in [-0.15, -0.1) is 0 Å². The molecule has 0 bridgehead atoms. The second kappa shape index (κ2) is 11.9. The van der Waals surface area contributed by atoms with Crippen molar-refractivity contribution in [2.24, 2.45) is 0 Å². The van der Waals surface area contributed by atoms with E-state index in [9.17, 15) is 18.0 Å². The molecule has 3 aromatic heterocycles. The van der Waals surface area contributed by atoms with Crippen LogP contribution in [0.25, 0.3) is 33.7 Å². The number of para-hydroxylation sites is 2. The minimum Gasteiger partial charge on any atom is -0.445 e. The number of aromatic nitrogens is 3. The lowest BCUT2D eigenvalue weighted by atomic mass is 9.96. The Kier molecular flexibility index (Phi) is 7.85. The van der Waals surface area contributed by atoms with Gasteiger partial charge in [0, 0.05) is 43.2 Å². The Balaban J connectivity index is 1.32. The molecule has 1 N–H and O–H groups in total. The first-order valence-electron chi connectivity index (χ1n) is 14.0. The van der Waals surface area contributed by atoms with Gasteiger partial charge in [-0.05, 0) is 55.3 Å². The molecule has 45 heavy (non-hydrogen) atoms. The van der Waals surface area contributed by atoms with Crippen LogP contribution in [-0.4, -0.2) is 41.0 Å². The van der Waals surface area contributed by atoms with Gasteiger partial charge >= 0.3 is 5.76 Å². The molecule has 0 radical (unpaired) electrons. The Morgan fingerprint density at radius 3 is 2.56 bits per heavy atom. The van der Waals surface area contributed by atoms with Crippen molar-refractivity contribution in [3.63, 3.8) is 0 Å². The van der Waals surface area contributed by atoms with E-state index in [1.807, 2.05) is 6.07 Å². The summed E-state index contributed by atoms with van der Waals surface area (Å²) in [4.78, 5) is 31.5. The van der Waals surface area contributed by atoms with E-state index in [0.717, 1.165) is 0 Å². The van der Waals surface area contributed by atoms with E-state index in [4.69, 9.17) is 13.4 Å². The monoisotopic (exact) mass is 627 g/mol. The second-order valence-electron chi connectivity index (χ2n) is 10.5. The molecule has 0 unspecified atom stereocenters. The fraction of sp³-hybridized carbons (Fsp3) is 0.188. The Hall–Kier alpha value is -5.43. The summed E-state index contributed by atoms with van der Waals surface area (Å²) < 4.78 is 47.2. The topological polar surface area (TPSA) is 154 Å². The highest BCUT2D eigenvalue weighted by Gasteiger charge is 2.25. The summed E-state index contributed by atoms with van der Waals surface area (Å²) in [6, 6.07) is 19.0. The van der Waals surface area contributed by atoms with Crippen molar-refractivity contribution in [3.05, 3.63) is 107 Å². The van der Waals surface area contributed by atoms with Crippen LogP contribution in [-0.2, 0) is 27.9 Å². The zero-order chi connectivity index (χ0) is 31.7. The maximum Gasteiger partial charge on any atom is 0.419 e. The van der Waals surface area contributed by atoms with Crippen molar-refractivity contribution >= 4 is 32.9 Å². The van der Waals surface area contributed by atoms with Gasteiger partial charge in [0.2, 0.25) is 17.7 Å². The second-order valence-corrected chi connectivity index (χ2v) is 12.2. The van der Waals surface area contributed by atoms with E-state index in [2.05, 4.69) is 14.9 Å². The molecular formula is C32H29N5O7S. The van der Waals surface area contributed by atoms with Gasteiger partial charge in [0.25, 0.3) is 10.0 Å². The summed E-state index contributed by atoms with van der Waals surface area (Å²) in [7, 11) is -2.46. The molecule has 6 aromatic rings. The normalized spacial score (nSPS) is 11.6. The maximum atomic E-state index is 13.6. The lowest BCUT2D eigenvalue weighted by molar-refractivity contribution is -0.130. The predicted octanol–water partition coefficient (Wildman–Crippen LogP) is 5.37. The SMILES string of the molecule is Cc1noc(NS(=O)(=O)c2ccccc2-c2ccc(-c3ncco3)cc2CN(C)C(=O)CCn2c(=O)oc3ccccc32)c1C. The van der Waals surface area contributed by atoms with Gasteiger partial charge in [0.15, 0.2) is 5.58 Å². The van der Waals surface area contributed by atoms with Crippen molar-refractivity contribution in [3.8, 4) is 22.6 Å².